The van der Waals surface area contributed by atoms with Gasteiger partial charge in [0.05, 0.1) is 0 Å². The van der Waals surface area contributed by atoms with Gasteiger partial charge in [0, 0.05) is 14.8 Å². The molecule has 0 saturated carbocycles. The summed E-state index contributed by atoms with van der Waals surface area (Å²) < 4.78 is 0. The lowest BCUT2D eigenvalue weighted by Crippen LogP contribution is -1.99. The summed E-state index contributed by atoms with van der Waals surface area (Å²) in [7, 11) is 0. The summed E-state index contributed by atoms with van der Waals surface area (Å²) in [5.41, 5.74) is 2.86. The van der Waals surface area contributed by atoms with Gasteiger partial charge in [0.15, 0.2) is 0 Å². The van der Waals surface area contributed by atoms with Crippen LogP contribution in [0.1, 0.15) is 32.5 Å². The molecule has 1 heterocycles. The van der Waals surface area contributed by atoms with Gasteiger partial charge in [0.2, 0.25) is 0 Å². The maximum absolute atomic E-state index is 10.3. The number of hydrogen-bond donors (Lipinski definition) is 1. The van der Waals surface area contributed by atoms with Gasteiger partial charge in [-0.05, 0) is 49.6 Å². The van der Waals surface area contributed by atoms with Gasteiger partial charge >= 0.3 is 0 Å². The van der Waals surface area contributed by atoms with Crippen molar-refractivity contribution in [1.82, 2.24) is 0 Å². The van der Waals surface area contributed by atoms with Crippen LogP contribution in [0.5, 0.6) is 0 Å². The van der Waals surface area contributed by atoms with Gasteiger partial charge in [-0.15, -0.1) is 11.3 Å². The molecule has 3 heteroatoms. The molecule has 0 aliphatic heterocycles. The van der Waals surface area contributed by atoms with E-state index >= 15 is 0 Å². The van der Waals surface area contributed by atoms with Crippen LogP contribution in [0.4, 0.5) is 0 Å². The zero-order valence-corrected chi connectivity index (χ0v) is 11.7. The second-order valence-electron chi connectivity index (χ2n) is 4.28. The van der Waals surface area contributed by atoms with Crippen molar-refractivity contribution in [2.45, 2.75) is 26.9 Å². The van der Waals surface area contributed by atoms with Crippen molar-refractivity contribution < 1.29 is 5.11 Å². The molecular weight excluding hydrogens is 252 g/mol. The molecule has 0 fully saturated rings. The fourth-order valence-electron chi connectivity index (χ4n) is 1.88. The molecule has 0 amide bonds. The first-order chi connectivity index (χ1) is 7.99. The van der Waals surface area contributed by atoms with Crippen LogP contribution in [0.2, 0.25) is 5.02 Å². The maximum Gasteiger partial charge on any atom is 0.105 e. The van der Waals surface area contributed by atoms with E-state index in [1.54, 1.807) is 11.3 Å². The number of halogens is 1. The summed E-state index contributed by atoms with van der Waals surface area (Å²) in [6.07, 6.45) is -0.585. The Labute approximate surface area is 111 Å². The lowest BCUT2D eigenvalue weighted by molar-refractivity contribution is 0.220. The highest BCUT2D eigenvalue weighted by atomic mass is 35.5. The third kappa shape index (κ3) is 2.54. The van der Waals surface area contributed by atoms with Crippen LogP contribution in [0, 0.1) is 20.8 Å². The SMILES string of the molecule is Cc1cc(C(O)c2ccc(C)c(Cl)c2)c(C)s1. The molecule has 0 spiro atoms. The van der Waals surface area contributed by atoms with Gasteiger partial charge in [-0.3, -0.25) is 0 Å². The van der Waals surface area contributed by atoms with Gasteiger partial charge in [-0.25, -0.2) is 0 Å². The molecule has 2 rings (SSSR count). The Morgan fingerprint density at radius 2 is 1.88 bits per heavy atom. The molecule has 1 N–H and O–H groups in total. The summed E-state index contributed by atoms with van der Waals surface area (Å²) in [6.45, 7) is 6.04. The van der Waals surface area contributed by atoms with E-state index in [0.717, 1.165) is 21.6 Å². The molecule has 1 atom stereocenters. The van der Waals surface area contributed by atoms with Crippen LogP contribution in [-0.4, -0.2) is 5.11 Å². The fourth-order valence-corrected chi connectivity index (χ4v) is 3.03. The average Bonchev–Trinajstić information content (AvgIpc) is 2.61. The van der Waals surface area contributed by atoms with Crippen molar-refractivity contribution in [3.63, 3.8) is 0 Å². The van der Waals surface area contributed by atoms with E-state index in [2.05, 4.69) is 6.92 Å². The average molecular weight is 267 g/mol. The summed E-state index contributed by atoms with van der Waals surface area (Å²) in [5, 5.41) is 11.0. The van der Waals surface area contributed by atoms with E-state index < -0.39 is 6.10 Å². The van der Waals surface area contributed by atoms with Crippen molar-refractivity contribution in [2.75, 3.05) is 0 Å². The van der Waals surface area contributed by atoms with Gasteiger partial charge in [0.25, 0.3) is 0 Å². The molecule has 1 aromatic heterocycles. The van der Waals surface area contributed by atoms with Crippen LogP contribution < -0.4 is 0 Å². The second-order valence-corrected chi connectivity index (χ2v) is 6.15. The monoisotopic (exact) mass is 266 g/mol. The third-order valence-corrected chi connectivity index (χ3v) is 4.27. The number of aliphatic hydroxyl groups is 1. The highest BCUT2D eigenvalue weighted by Gasteiger charge is 2.15. The number of benzene rings is 1. The minimum absolute atomic E-state index is 0.585. The van der Waals surface area contributed by atoms with Crippen LogP contribution in [0.3, 0.4) is 0 Å². The molecule has 0 radical (unpaired) electrons. The fraction of sp³-hybridized carbons (Fsp3) is 0.286. The predicted molar refractivity (Wildman–Crippen MR) is 74.0 cm³/mol. The van der Waals surface area contributed by atoms with Gasteiger partial charge in [-0.2, -0.15) is 0 Å². The van der Waals surface area contributed by atoms with Crippen LogP contribution in [0.15, 0.2) is 24.3 Å². The predicted octanol–water partition coefficient (Wildman–Crippen LogP) is 4.41. The molecule has 1 aromatic carbocycles. The van der Waals surface area contributed by atoms with Crippen LogP contribution in [-0.2, 0) is 0 Å². The van der Waals surface area contributed by atoms with Crippen molar-refractivity contribution in [3.8, 4) is 0 Å². The molecule has 0 aliphatic rings. The maximum atomic E-state index is 10.3. The van der Waals surface area contributed by atoms with E-state index in [4.69, 9.17) is 11.6 Å². The second kappa shape index (κ2) is 4.81. The normalized spacial score (nSPS) is 12.8. The van der Waals surface area contributed by atoms with Gasteiger partial charge in [-0.1, -0.05) is 23.7 Å². The van der Waals surface area contributed by atoms with Crippen LogP contribution in [0.25, 0.3) is 0 Å². The highest BCUT2D eigenvalue weighted by molar-refractivity contribution is 7.12. The Balaban J connectivity index is 2.40. The Morgan fingerprint density at radius 3 is 2.41 bits per heavy atom. The number of aryl methyl sites for hydroxylation is 3. The first-order valence-electron chi connectivity index (χ1n) is 5.50. The molecule has 1 unspecified atom stereocenters. The zero-order valence-electron chi connectivity index (χ0n) is 10.1. The molecule has 2 aromatic rings. The van der Waals surface area contributed by atoms with Crippen molar-refractivity contribution in [1.29, 1.82) is 0 Å². The molecular formula is C14H15ClOS. The first kappa shape index (κ1) is 12.6. The van der Waals surface area contributed by atoms with Gasteiger partial charge < -0.3 is 5.11 Å². The lowest BCUT2D eigenvalue weighted by Gasteiger charge is -2.12. The first-order valence-corrected chi connectivity index (χ1v) is 6.69. The van der Waals surface area contributed by atoms with E-state index in [1.165, 1.54) is 4.88 Å². The minimum atomic E-state index is -0.585. The van der Waals surface area contributed by atoms with Crippen molar-refractivity contribution in [2.24, 2.45) is 0 Å². The largest absolute Gasteiger partial charge is 0.384 e. The van der Waals surface area contributed by atoms with Gasteiger partial charge in [0.1, 0.15) is 6.10 Å². The van der Waals surface area contributed by atoms with E-state index in [-0.39, 0.29) is 0 Å². The zero-order chi connectivity index (χ0) is 12.6. The van der Waals surface area contributed by atoms with Crippen molar-refractivity contribution in [3.05, 3.63) is 55.7 Å². The molecule has 1 nitrogen and oxygen atoms in total. The number of hydrogen-bond acceptors (Lipinski definition) is 2. The Hall–Kier alpha value is -0.830. The Morgan fingerprint density at radius 1 is 1.18 bits per heavy atom. The van der Waals surface area contributed by atoms with Crippen molar-refractivity contribution >= 4 is 22.9 Å². The highest BCUT2D eigenvalue weighted by Crippen LogP contribution is 2.32. The molecule has 17 heavy (non-hydrogen) atoms. The number of thiophene rings is 1. The van der Waals surface area contributed by atoms with Crippen LogP contribution >= 0.6 is 22.9 Å². The lowest BCUT2D eigenvalue weighted by atomic mass is 10.0. The summed E-state index contributed by atoms with van der Waals surface area (Å²) in [6, 6.07) is 7.75. The third-order valence-electron chi connectivity index (χ3n) is 2.89. The summed E-state index contributed by atoms with van der Waals surface area (Å²) >= 11 is 7.79. The van der Waals surface area contributed by atoms with E-state index in [1.807, 2.05) is 38.1 Å². The van der Waals surface area contributed by atoms with E-state index in [9.17, 15) is 5.11 Å². The molecule has 0 aliphatic carbocycles. The Kier molecular flexibility index (Phi) is 3.57. The smallest absolute Gasteiger partial charge is 0.105 e. The summed E-state index contributed by atoms with van der Waals surface area (Å²) in [5.74, 6) is 0. The standard InChI is InChI=1S/C14H15ClOS/c1-8-4-5-11(7-13(8)15)14(16)12-6-9(2)17-10(12)3/h4-7,14,16H,1-3H3. The topological polar surface area (TPSA) is 20.2 Å². The number of aliphatic hydroxyl groups excluding tert-OH is 1. The Bertz CT molecular complexity index is 545. The minimum Gasteiger partial charge on any atom is -0.384 e. The quantitative estimate of drug-likeness (QED) is 0.854. The summed E-state index contributed by atoms with van der Waals surface area (Å²) in [4.78, 5) is 2.38. The number of rotatable bonds is 2. The van der Waals surface area contributed by atoms with E-state index in [0.29, 0.717) is 5.02 Å². The molecule has 0 bridgehead atoms. The molecule has 90 valence electrons. The molecule has 0 saturated heterocycles.